The molecule has 0 bridgehead atoms. The third-order valence-electron chi connectivity index (χ3n) is 4.71. The van der Waals surface area contributed by atoms with E-state index in [1.165, 1.54) is 0 Å². The van der Waals surface area contributed by atoms with Crippen LogP contribution in [0.2, 0.25) is 0 Å². The van der Waals surface area contributed by atoms with Gasteiger partial charge in [-0.2, -0.15) is 5.10 Å². The second-order valence-corrected chi connectivity index (χ2v) is 7.37. The van der Waals surface area contributed by atoms with Crippen molar-refractivity contribution in [2.45, 2.75) is 25.6 Å². The van der Waals surface area contributed by atoms with Crippen LogP contribution in [0, 0.1) is 0 Å². The Bertz CT molecular complexity index is 848. The summed E-state index contributed by atoms with van der Waals surface area (Å²) in [5.41, 5.74) is 1.25. The molecule has 8 nitrogen and oxygen atoms in total. The van der Waals surface area contributed by atoms with Gasteiger partial charge in [-0.25, -0.2) is 0 Å². The van der Waals surface area contributed by atoms with Crippen LogP contribution in [-0.2, 0) is 18.4 Å². The number of nitrogens with one attached hydrogen (secondary N) is 1. The van der Waals surface area contributed by atoms with E-state index in [1.807, 2.05) is 43.3 Å². The molecule has 1 aromatic heterocycles. The van der Waals surface area contributed by atoms with Crippen molar-refractivity contribution in [3.63, 3.8) is 0 Å². The molecular weight excluding hydrogens is 358 g/mol. The summed E-state index contributed by atoms with van der Waals surface area (Å²) in [6.07, 6.45) is 1.69. The predicted octanol–water partition coefficient (Wildman–Crippen LogP) is 0.890. The lowest BCUT2D eigenvalue weighted by Gasteiger charge is -2.33. The molecule has 0 fully saturated rings. The fourth-order valence-corrected chi connectivity index (χ4v) is 3.31. The molecule has 2 atom stereocenters. The van der Waals surface area contributed by atoms with Gasteiger partial charge in [-0.05, 0) is 33.2 Å². The Labute approximate surface area is 165 Å². The molecule has 2 amide bonds. The molecule has 2 aromatic rings. The number of para-hydroxylation sites is 1. The molecule has 0 saturated carbocycles. The van der Waals surface area contributed by atoms with Crippen molar-refractivity contribution in [1.29, 1.82) is 0 Å². The molecule has 8 heteroatoms. The molecule has 1 aromatic carbocycles. The highest BCUT2D eigenvalue weighted by atomic mass is 16.5. The second-order valence-electron chi connectivity index (χ2n) is 7.37. The van der Waals surface area contributed by atoms with E-state index in [0.29, 0.717) is 19.7 Å². The summed E-state index contributed by atoms with van der Waals surface area (Å²) in [6.45, 7) is 3.22. The molecule has 1 aliphatic heterocycles. The molecule has 0 saturated heterocycles. The molecule has 3 rings (SSSR count). The van der Waals surface area contributed by atoms with Crippen molar-refractivity contribution < 1.29 is 14.3 Å². The fraction of sp³-hybridized carbons (Fsp3) is 0.450. The van der Waals surface area contributed by atoms with E-state index in [2.05, 4.69) is 10.4 Å². The van der Waals surface area contributed by atoms with Crippen LogP contribution in [0.15, 0.2) is 36.5 Å². The van der Waals surface area contributed by atoms with Gasteiger partial charge in [-0.3, -0.25) is 14.3 Å². The van der Waals surface area contributed by atoms with Crippen molar-refractivity contribution >= 4 is 11.8 Å². The highest BCUT2D eigenvalue weighted by Crippen LogP contribution is 2.25. The molecule has 0 aliphatic carbocycles. The Kier molecular flexibility index (Phi) is 5.99. The van der Waals surface area contributed by atoms with Crippen molar-refractivity contribution in [1.82, 2.24) is 24.9 Å². The summed E-state index contributed by atoms with van der Waals surface area (Å²) in [5.74, 6) is 0.292. The minimum Gasteiger partial charge on any atom is -0.491 e. The zero-order valence-corrected chi connectivity index (χ0v) is 16.8. The van der Waals surface area contributed by atoms with Crippen LogP contribution in [0.3, 0.4) is 0 Å². The first-order valence-corrected chi connectivity index (χ1v) is 9.31. The fourth-order valence-electron chi connectivity index (χ4n) is 3.31. The second kappa shape index (κ2) is 8.43. The lowest BCUT2D eigenvalue weighted by Crippen LogP contribution is -2.53. The monoisotopic (exact) mass is 385 g/mol. The number of ether oxygens (including phenoxy) is 1. The molecule has 28 heavy (non-hydrogen) atoms. The largest absolute Gasteiger partial charge is 0.491 e. The van der Waals surface area contributed by atoms with Crippen molar-refractivity contribution in [3.8, 4) is 5.75 Å². The number of likely N-dealkylation sites (N-methyl/N-ethyl adjacent to an activating group) is 1. The Morgan fingerprint density at radius 2 is 2.07 bits per heavy atom. The Hall–Kier alpha value is -2.87. The van der Waals surface area contributed by atoms with E-state index in [-0.39, 0.29) is 23.6 Å². The molecular formula is C20H27N5O3. The quantitative estimate of drug-likeness (QED) is 0.827. The molecule has 150 valence electrons. The minimum atomic E-state index is -0.676. The SMILES string of the molecule is CC(NC(=O)c1ccn(C)n1)C(=O)N1Cc2ccccc2OCC1CN(C)C. The van der Waals surface area contributed by atoms with Crippen LogP contribution >= 0.6 is 0 Å². The van der Waals surface area contributed by atoms with Crippen molar-refractivity contribution in [3.05, 3.63) is 47.8 Å². The molecule has 2 unspecified atom stereocenters. The Morgan fingerprint density at radius 3 is 2.75 bits per heavy atom. The lowest BCUT2D eigenvalue weighted by molar-refractivity contribution is -0.136. The van der Waals surface area contributed by atoms with Gasteiger partial charge in [0.25, 0.3) is 5.91 Å². The number of amides is 2. The first-order valence-electron chi connectivity index (χ1n) is 9.31. The highest BCUT2D eigenvalue weighted by molar-refractivity contribution is 5.96. The number of rotatable bonds is 5. The summed E-state index contributed by atoms with van der Waals surface area (Å²) < 4.78 is 7.51. The zero-order valence-electron chi connectivity index (χ0n) is 16.8. The van der Waals surface area contributed by atoms with Gasteiger partial charge in [0, 0.05) is 31.9 Å². The first kappa shape index (κ1) is 19.9. The normalized spacial score (nSPS) is 17.5. The number of carbonyl (C=O) groups excluding carboxylic acids is 2. The van der Waals surface area contributed by atoms with Crippen LogP contribution in [0.4, 0.5) is 0 Å². The summed E-state index contributed by atoms with van der Waals surface area (Å²) in [7, 11) is 5.67. The maximum absolute atomic E-state index is 13.2. The lowest BCUT2D eigenvalue weighted by atomic mass is 10.1. The molecule has 0 radical (unpaired) electrons. The molecule has 0 spiro atoms. The summed E-state index contributed by atoms with van der Waals surface area (Å²) >= 11 is 0. The molecule has 2 heterocycles. The van der Waals surface area contributed by atoms with E-state index in [0.717, 1.165) is 11.3 Å². The van der Waals surface area contributed by atoms with Gasteiger partial charge in [0.15, 0.2) is 0 Å². The Balaban J connectivity index is 1.77. The Morgan fingerprint density at radius 1 is 1.32 bits per heavy atom. The predicted molar refractivity (Wildman–Crippen MR) is 105 cm³/mol. The first-order chi connectivity index (χ1) is 13.3. The van der Waals surface area contributed by atoms with Crippen molar-refractivity contribution in [2.75, 3.05) is 27.2 Å². The van der Waals surface area contributed by atoms with Gasteiger partial charge in [0.05, 0.1) is 6.04 Å². The summed E-state index contributed by atoms with van der Waals surface area (Å²) in [5, 5.41) is 6.85. The maximum Gasteiger partial charge on any atom is 0.272 e. The van der Waals surface area contributed by atoms with Gasteiger partial charge in [-0.1, -0.05) is 18.2 Å². The van der Waals surface area contributed by atoms with Crippen LogP contribution in [-0.4, -0.2) is 70.7 Å². The number of hydrogen-bond acceptors (Lipinski definition) is 5. The third-order valence-corrected chi connectivity index (χ3v) is 4.71. The van der Waals surface area contributed by atoms with E-state index in [1.54, 1.807) is 35.8 Å². The topological polar surface area (TPSA) is 79.7 Å². The zero-order chi connectivity index (χ0) is 20.3. The smallest absolute Gasteiger partial charge is 0.272 e. The van der Waals surface area contributed by atoms with E-state index >= 15 is 0 Å². The number of fused-ring (bicyclic) bond motifs is 1. The molecule has 1 aliphatic rings. The maximum atomic E-state index is 13.2. The van der Waals surface area contributed by atoms with Crippen LogP contribution in [0.25, 0.3) is 0 Å². The molecule has 1 N–H and O–H groups in total. The van der Waals surface area contributed by atoms with Gasteiger partial charge < -0.3 is 19.9 Å². The third kappa shape index (κ3) is 4.51. The van der Waals surface area contributed by atoms with E-state index in [9.17, 15) is 9.59 Å². The standard InChI is InChI=1S/C20H27N5O3/c1-14(21-19(26)17-9-10-24(4)22-17)20(27)25-11-15-7-5-6-8-18(15)28-13-16(25)12-23(2)3/h5-10,14,16H,11-13H2,1-4H3,(H,21,26). The highest BCUT2D eigenvalue weighted by Gasteiger charge is 2.32. The van der Waals surface area contributed by atoms with Gasteiger partial charge in [0.2, 0.25) is 5.91 Å². The number of hydrogen-bond donors (Lipinski definition) is 1. The summed E-state index contributed by atoms with van der Waals surface area (Å²) in [4.78, 5) is 29.5. The van der Waals surface area contributed by atoms with Crippen LogP contribution in [0.1, 0.15) is 23.0 Å². The average Bonchev–Trinajstić information content (AvgIpc) is 3.01. The number of aromatic nitrogens is 2. The van der Waals surface area contributed by atoms with Gasteiger partial charge in [0.1, 0.15) is 24.1 Å². The number of nitrogens with zero attached hydrogens (tertiary/aromatic N) is 4. The van der Waals surface area contributed by atoms with Crippen LogP contribution < -0.4 is 10.1 Å². The number of aryl methyl sites for hydroxylation is 1. The average molecular weight is 385 g/mol. The number of benzene rings is 1. The van der Waals surface area contributed by atoms with Gasteiger partial charge >= 0.3 is 0 Å². The summed E-state index contributed by atoms with van der Waals surface area (Å²) in [6, 6.07) is 8.56. The van der Waals surface area contributed by atoms with E-state index < -0.39 is 6.04 Å². The van der Waals surface area contributed by atoms with Gasteiger partial charge in [-0.15, -0.1) is 0 Å². The number of carbonyl (C=O) groups is 2. The minimum absolute atomic E-state index is 0.121. The van der Waals surface area contributed by atoms with E-state index in [4.69, 9.17) is 4.74 Å². The van der Waals surface area contributed by atoms with Crippen molar-refractivity contribution in [2.24, 2.45) is 7.05 Å². The van der Waals surface area contributed by atoms with Crippen LogP contribution in [0.5, 0.6) is 5.75 Å².